The van der Waals surface area contributed by atoms with Gasteiger partial charge < -0.3 is 5.32 Å². The van der Waals surface area contributed by atoms with Crippen LogP contribution in [0.5, 0.6) is 0 Å². The maximum atomic E-state index is 4.32. The van der Waals surface area contributed by atoms with Gasteiger partial charge >= 0.3 is 0 Å². The molecule has 90 valence electrons. The number of nitrogens with one attached hydrogen (secondary N) is 1. The van der Waals surface area contributed by atoms with Crippen molar-refractivity contribution in [3.05, 3.63) is 30.6 Å². The van der Waals surface area contributed by atoms with E-state index in [-0.39, 0.29) is 5.41 Å². The van der Waals surface area contributed by atoms with Gasteiger partial charge in [0.25, 0.3) is 0 Å². The van der Waals surface area contributed by atoms with E-state index in [0.717, 1.165) is 29.7 Å². The molecule has 0 aliphatic heterocycles. The van der Waals surface area contributed by atoms with E-state index in [1.54, 1.807) is 6.33 Å². The average Bonchev–Trinajstić information content (AvgIpc) is 2.36. The van der Waals surface area contributed by atoms with Gasteiger partial charge in [0.05, 0.1) is 5.52 Å². The molecule has 2 aromatic rings. The molecule has 0 unspecified atom stereocenters. The second-order valence-corrected chi connectivity index (χ2v) is 5.11. The smallest absolute Gasteiger partial charge is 0.137 e. The summed E-state index contributed by atoms with van der Waals surface area (Å²) in [7, 11) is 0. The predicted octanol–water partition coefficient (Wildman–Crippen LogP) is 3.48. The minimum Gasteiger partial charge on any atom is -0.369 e. The maximum Gasteiger partial charge on any atom is 0.137 e. The van der Waals surface area contributed by atoms with Crippen LogP contribution in [0.1, 0.15) is 27.2 Å². The zero-order valence-electron chi connectivity index (χ0n) is 10.7. The summed E-state index contributed by atoms with van der Waals surface area (Å²) in [5.74, 6) is 0.928. The van der Waals surface area contributed by atoms with Crippen molar-refractivity contribution in [1.29, 1.82) is 0 Å². The molecule has 0 atom stereocenters. The van der Waals surface area contributed by atoms with E-state index in [1.807, 2.05) is 18.2 Å². The first kappa shape index (κ1) is 11.8. The molecule has 1 heterocycles. The van der Waals surface area contributed by atoms with Crippen LogP contribution in [0.3, 0.4) is 0 Å². The predicted molar refractivity (Wildman–Crippen MR) is 72.1 cm³/mol. The Morgan fingerprint density at radius 2 is 1.94 bits per heavy atom. The van der Waals surface area contributed by atoms with Gasteiger partial charge in [0.1, 0.15) is 12.1 Å². The highest BCUT2D eigenvalue weighted by Crippen LogP contribution is 2.23. The van der Waals surface area contributed by atoms with Gasteiger partial charge in [-0.05, 0) is 24.0 Å². The molecule has 0 fully saturated rings. The number of fused-ring (bicyclic) bond motifs is 1. The average molecular weight is 229 g/mol. The number of aromatic nitrogens is 2. The van der Waals surface area contributed by atoms with Crippen LogP contribution >= 0.6 is 0 Å². The Kier molecular flexibility index (Phi) is 3.27. The van der Waals surface area contributed by atoms with E-state index in [2.05, 4.69) is 42.1 Å². The van der Waals surface area contributed by atoms with Gasteiger partial charge in [0.15, 0.2) is 0 Å². The summed E-state index contributed by atoms with van der Waals surface area (Å²) in [4.78, 5) is 8.58. The SMILES string of the molecule is CCC(C)(C)CNc1ncnc2ccccc12. The molecule has 0 saturated carbocycles. The largest absolute Gasteiger partial charge is 0.369 e. The van der Waals surface area contributed by atoms with E-state index in [0.29, 0.717) is 0 Å². The van der Waals surface area contributed by atoms with Crippen molar-refractivity contribution < 1.29 is 0 Å². The summed E-state index contributed by atoms with van der Waals surface area (Å²) in [6.07, 6.45) is 2.76. The molecular formula is C14H19N3. The summed E-state index contributed by atoms with van der Waals surface area (Å²) >= 11 is 0. The van der Waals surface area contributed by atoms with Crippen molar-refractivity contribution in [2.24, 2.45) is 5.41 Å². The van der Waals surface area contributed by atoms with Crippen LogP contribution in [-0.2, 0) is 0 Å². The second kappa shape index (κ2) is 4.70. The lowest BCUT2D eigenvalue weighted by Crippen LogP contribution is -2.22. The molecule has 0 aliphatic carbocycles. The van der Waals surface area contributed by atoms with Crippen LogP contribution in [0, 0.1) is 5.41 Å². The fourth-order valence-corrected chi connectivity index (χ4v) is 1.59. The van der Waals surface area contributed by atoms with E-state index >= 15 is 0 Å². The van der Waals surface area contributed by atoms with Crippen LogP contribution < -0.4 is 5.32 Å². The quantitative estimate of drug-likeness (QED) is 0.872. The standard InChI is InChI=1S/C14H19N3/c1-4-14(2,3)9-15-13-11-7-5-6-8-12(11)16-10-17-13/h5-8,10H,4,9H2,1-3H3,(H,15,16,17). The first-order valence-corrected chi connectivity index (χ1v) is 6.06. The van der Waals surface area contributed by atoms with Gasteiger partial charge in [-0.1, -0.05) is 32.9 Å². The van der Waals surface area contributed by atoms with Gasteiger partial charge in [-0.3, -0.25) is 0 Å². The minimum absolute atomic E-state index is 0.284. The van der Waals surface area contributed by atoms with Gasteiger partial charge in [-0.2, -0.15) is 0 Å². The molecule has 1 aromatic heterocycles. The maximum absolute atomic E-state index is 4.32. The Hall–Kier alpha value is -1.64. The van der Waals surface area contributed by atoms with Crippen LogP contribution in [0.15, 0.2) is 30.6 Å². The number of nitrogens with zero attached hydrogens (tertiary/aromatic N) is 2. The molecule has 3 heteroatoms. The Morgan fingerprint density at radius 3 is 2.71 bits per heavy atom. The van der Waals surface area contributed by atoms with E-state index in [4.69, 9.17) is 0 Å². The Bertz CT molecular complexity index is 500. The van der Waals surface area contributed by atoms with Crippen molar-refractivity contribution in [1.82, 2.24) is 9.97 Å². The van der Waals surface area contributed by atoms with Gasteiger partial charge in [-0.25, -0.2) is 9.97 Å². The van der Waals surface area contributed by atoms with E-state index in [1.165, 1.54) is 0 Å². The topological polar surface area (TPSA) is 37.8 Å². The number of hydrogen-bond donors (Lipinski definition) is 1. The Morgan fingerprint density at radius 1 is 1.18 bits per heavy atom. The second-order valence-electron chi connectivity index (χ2n) is 5.11. The summed E-state index contributed by atoms with van der Waals surface area (Å²) < 4.78 is 0. The molecule has 0 saturated heterocycles. The lowest BCUT2D eigenvalue weighted by Gasteiger charge is -2.23. The van der Waals surface area contributed by atoms with Crippen molar-refractivity contribution in [2.75, 3.05) is 11.9 Å². The summed E-state index contributed by atoms with van der Waals surface area (Å²) in [5.41, 5.74) is 1.27. The van der Waals surface area contributed by atoms with Crippen LogP contribution in [-0.4, -0.2) is 16.5 Å². The Balaban J connectivity index is 2.24. The molecule has 0 spiro atoms. The molecule has 1 aromatic carbocycles. The van der Waals surface area contributed by atoms with E-state index < -0.39 is 0 Å². The van der Waals surface area contributed by atoms with Crippen LogP contribution in [0.25, 0.3) is 10.9 Å². The first-order valence-electron chi connectivity index (χ1n) is 6.06. The summed E-state index contributed by atoms with van der Waals surface area (Å²) in [6, 6.07) is 8.07. The van der Waals surface area contributed by atoms with Crippen molar-refractivity contribution in [2.45, 2.75) is 27.2 Å². The molecule has 3 nitrogen and oxygen atoms in total. The third-order valence-electron chi connectivity index (χ3n) is 3.23. The number of hydrogen-bond acceptors (Lipinski definition) is 3. The number of benzene rings is 1. The van der Waals surface area contributed by atoms with Crippen LogP contribution in [0.4, 0.5) is 5.82 Å². The van der Waals surface area contributed by atoms with Crippen molar-refractivity contribution in [3.63, 3.8) is 0 Å². The monoisotopic (exact) mass is 229 g/mol. The molecule has 1 N–H and O–H groups in total. The molecule has 0 aliphatic rings. The minimum atomic E-state index is 0.284. The van der Waals surface area contributed by atoms with E-state index in [9.17, 15) is 0 Å². The number of rotatable bonds is 4. The molecular weight excluding hydrogens is 210 g/mol. The zero-order chi connectivity index (χ0) is 12.3. The molecule has 17 heavy (non-hydrogen) atoms. The zero-order valence-corrected chi connectivity index (χ0v) is 10.7. The highest BCUT2D eigenvalue weighted by atomic mass is 15.0. The molecule has 0 bridgehead atoms. The third kappa shape index (κ3) is 2.73. The molecule has 0 radical (unpaired) electrons. The molecule has 2 rings (SSSR count). The fraction of sp³-hybridized carbons (Fsp3) is 0.429. The Labute approximate surface area is 102 Å². The van der Waals surface area contributed by atoms with Gasteiger partial charge in [0, 0.05) is 11.9 Å². The summed E-state index contributed by atoms with van der Waals surface area (Å²) in [5, 5.41) is 4.51. The molecule has 0 amide bonds. The number of anilines is 1. The van der Waals surface area contributed by atoms with Crippen LogP contribution in [0.2, 0.25) is 0 Å². The lowest BCUT2D eigenvalue weighted by atomic mass is 9.90. The summed E-state index contributed by atoms with van der Waals surface area (Å²) in [6.45, 7) is 7.64. The highest BCUT2D eigenvalue weighted by Gasteiger charge is 2.15. The van der Waals surface area contributed by atoms with Crippen molar-refractivity contribution in [3.8, 4) is 0 Å². The van der Waals surface area contributed by atoms with Gasteiger partial charge in [-0.15, -0.1) is 0 Å². The highest BCUT2D eigenvalue weighted by molar-refractivity contribution is 5.88. The lowest BCUT2D eigenvalue weighted by molar-refractivity contribution is 0.376. The normalized spacial score (nSPS) is 11.7. The number of para-hydroxylation sites is 1. The first-order chi connectivity index (χ1) is 8.12. The van der Waals surface area contributed by atoms with Gasteiger partial charge in [0.2, 0.25) is 0 Å². The fourth-order valence-electron chi connectivity index (χ4n) is 1.59. The van der Waals surface area contributed by atoms with Crippen molar-refractivity contribution >= 4 is 16.7 Å². The third-order valence-corrected chi connectivity index (χ3v) is 3.23.